The van der Waals surface area contributed by atoms with Gasteiger partial charge in [0, 0.05) is 19.6 Å². The summed E-state index contributed by atoms with van der Waals surface area (Å²) in [5.41, 5.74) is 1.34. The molecule has 1 N–H and O–H groups in total. The highest BCUT2D eigenvalue weighted by Crippen LogP contribution is 2.22. The molecule has 1 saturated heterocycles. The van der Waals surface area contributed by atoms with E-state index in [1.165, 1.54) is 9.35 Å². The van der Waals surface area contributed by atoms with E-state index in [1.807, 2.05) is 0 Å². The summed E-state index contributed by atoms with van der Waals surface area (Å²) in [7, 11) is 0. The molecule has 1 aromatic rings. The van der Waals surface area contributed by atoms with Gasteiger partial charge in [-0.25, -0.2) is 0 Å². The first-order chi connectivity index (χ1) is 6.24. The molecule has 72 valence electrons. The molecule has 0 amide bonds. The van der Waals surface area contributed by atoms with Crippen molar-refractivity contribution in [3.8, 4) is 0 Å². The van der Waals surface area contributed by atoms with E-state index >= 15 is 0 Å². The van der Waals surface area contributed by atoms with Crippen LogP contribution in [0.1, 0.15) is 12.0 Å². The summed E-state index contributed by atoms with van der Waals surface area (Å²) in [4.78, 5) is 2.29. The lowest BCUT2D eigenvalue weighted by molar-refractivity contribution is 0.175. The molecule has 0 spiro atoms. The highest BCUT2D eigenvalue weighted by molar-refractivity contribution is 9.11. The Morgan fingerprint density at radius 1 is 1.69 bits per heavy atom. The Balaban J connectivity index is 1.91. The third-order valence-electron chi connectivity index (χ3n) is 2.28. The van der Waals surface area contributed by atoms with Crippen molar-refractivity contribution < 1.29 is 5.11 Å². The largest absolute Gasteiger partial charge is 0.392 e. The highest BCUT2D eigenvalue weighted by atomic mass is 79.9. The summed E-state index contributed by atoms with van der Waals surface area (Å²) < 4.78 is 1.18. The maximum Gasteiger partial charge on any atom is 0.0701 e. The zero-order valence-electron chi connectivity index (χ0n) is 7.24. The SMILES string of the molecule is O[C@H]1CCN(Cc2csc(Br)c2)C1. The summed E-state index contributed by atoms with van der Waals surface area (Å²) in [6, 6.07) is 2.15. The fraction of sp³-hybridized carbons (Fsp3) is 0.556. The number of β-amino-alcohol motifs (C(OH)–C–C–N with tert-alkyl or cyclic N) is 1. The standard InChI is InChI=1S/C9H12BrNOS/c10-9-3-7(6-13-9)4-11-2-1-8(12)5-11/h3,6,8,12H,1-2,4-5H2/t8-/m0/s1. The summed E-state index contributed by atoms with van der Waals surface area (Å²) in [5, 5.41) is 11.5. The molecule has 0 bridgehead atoms. The molecule has 1 aliphatic heterocycles. The molecule has 0 radical (unpaired) electrons. The number of aliphatic hydroxyl groups excluding tert-OH is 1. The van der Waals surface area contributed by atoms with Crippen LogP contribution in [0.4, 0.5) is 0 Å². The van der Waals surface area contributed by atoms with E-state index in [0.29, 0.717) is 0 Å². The first-order valence-corrected chi connectivity index (χ1v) is 6.04. The van der Waals surface area contributed by atoms with E-state index < -0.39 is 0 Å². The Bertz CT molecular complexity index is 289. The van der Waals surface area contributed by atoms with Gasteiger partial charge in [0.2, 0.25) is 0 Å². The van der Waals surface area contributed by atoms with Crippen LogP contribution in [0.15, 0.2) is 15.2 Å². The molecule has 4 heteroatoms. The van der Waals surface area contributed by atoms with Crippen LogP contribution < -0.4 is 0 Å². The zero-order chi connectivity index (χ0) is 9.26. The van der Waals surface area contributed by atoms with Crippen LogP contribution in [0.3, 0.4) is 0 Å². The first kappa shape index (κ1) is 9.65. The van der Waals surface area contributed by atoms with Crippen molar-refractivity contribution in [2.45, 2.75) is 19.1 Å². The average molecular weight is 262 g/mol. The van der Waals surface area contributed by atoms with Gasteiger partial charge < -0.3 is 5.11 Å². The van der Waals surface area contributed by atoms with Gasteiger partial charge in [0.25, 0.3) is 0 Å². The molecule has 0 aromatic carbocycles. The minimum absolute atomic E-state index is 0.109. The Morgan fingerprint density at radius 3 is 3.08 bits per heavy atom. The van der Waals surface area contributed by atoms with Gasteiger partial charge in [-0.05, 0) is 39.4 Å². The van der Waals surface area contributed by atoms with Gasteiger partial charge in [0.05, 0.1) is 9.89 Å². The summed E-state index contributed by atoms with van der Waals surface area (Å²) in [6.07, 6.45) is 0.813. The molecular weight excluding hydrogens is 250 g/mol. The topological polar surface area (TPSA) is 23.5 Å². The Kier molecular flexibility index (Phi) is 3.03. The van der Waals surface area contributed by atoms with Gasteiger partial charge in [-0.1, -0.05) is 0 Å². The van der Waals surface area contributed by atoms with Crippen molar-refractivity contribution in [1.29, 1.82) is 0 Å². The van der Waals surface area contributed by atoms with Crippen molar-refractivity contribution in [2.24, 2.45) is 0 Å². The molecule has 0 aliphatic carbocycles. The van der Waals surface area contributed by atoms with Gasteiger partial charge in [-0.3, -0.25) is 4.90 Å². The molecule has 1 aromatic heterocycles. The van der Waals surface area contributed by atoms with Crippen LogP contribution >= 0.6 is 27.3 Å². The summed E-state index contributed by atoms with van der Waals surface area (Å²) >= 11 is 5.16. The van der Waals surface area contributed by atoms with E-state index in [0.717, 1.165) is 26.1 Å². The van der Waals surface area contributed by atoms with Crippen molar-refractivity contribution in [3.05, 3.63) is 20.8 Å². The van der Waals surface area contributed by atoms with E-state index in [-0.39, 0.29) is 6.10 Å². The fourth-order valence-corrected chi connectivity index (χ4v) is 2.84. The van der Waals surface area contributed by atoms with Gasteiger partial charge in [0.15, 0.2) is 0 Å². The van der Waals surface area contributed by atoms with Crippen molar-refractivity contribution >= 4 is 27.3 Å². The fourth-order valence-electron chi connectivity index (χ4n) is 1.64. The summed E-state index contributed by atoms with van der Waals surface area (Å²) in [6.45, 7) is 2.82. The minimum Gasteiger partial charge on any atom is -0.392 e. The molecule has 0 saturated carbocycles. The normalized spacial score (nSPS) is 24.0. The maximum atomic E-state index is 9.33. The van der Waals surface area contributed by atoms with Crippen LogP contribution in [0.25, 0.3) is 0 Å². The first-order valence-electron chi connectivity index (χ1n) is 4.37. The van der Waals surface area contributed by atoms with Crippen LogP contribution in [0.2, 0.25) is 0 Å². The Morgan fingerprint density at radius 2 is 2.54 bits per heavy atom. The predicted octanol–water partition coefficient (Wildman–Crippen LogP) is 2.08. The highest BCUT2D eigenvalue weighted by Gasteiger charge is 2.19. The molecule has 2 heterocycles. The van der Waals surface area contributed by atoms with E-state index in [9.17, 15) is 5.11 Å². The van der Waals surface area contributed by atoms with Crippen molar-refractivity contribution in [1.82, 2.24) is 4.90 Å². The van der Waals surface area contributed by atoms with Crippen LogP contribution in [0, 0.1) is 0 Å². The van der Waals surface area contributed by atoms with E-state index in [4.69, 9.17) is 0 Å². The molecule has 1 atom stereocenters. The van der Waals surface area contributed by atoms with Gasteiger partial charge in [-0.15, -0.1) is 11.3 Å². The second-order valence-electron chi connectivity index (χ2n) is 3.44. The Labute approximate surface area is 90.3 Å². The zero-order valence-corrected chi connectivity index (χ0v) is 9.64. The third-order valence-corrected chi connectivity index (χ3v) is 3.83. The molecule has 0 unspecified atom stereocenters. The predicted molar refractivity (Wildman–Crippen MR) is 57.9 cm³/mol. The molecule has 1 fully saturated rings. The number of thiophene rings is 1. The molecule has 13 heavy (non-hydrogen) atoms. The number of hydrogen-bond donors (Lipinski definition) is 1. The van der Waals surface area contributed by atoms with Gasteiger partial charge >= 0.3 is 0 Å². The van der Waals surface area contributed by atoms with Crippen molar-refractivity contribution in [2.75, 3.05) is 13.1 Å². The smallest absolute Gasteiger partial charge is 0.0701 e. The number of aliphatic hydroxyl groups is 1. The average Bonchev–Trinajstić information content (AvgIpc) is 2.62. The Hall–Kier alpha value is 0.100. The molecule has 1 aliphatic rings. The second-order valence-corrected chi connectivity index (χ2v) is 5.73. The third kappa shape index (κ3) is 2.53. The number of rotatable bonds is 2. The molecule has 2 rings (SSSR count). The van der Waals surface area contributed by atoms with E-state index in [1.54, 1.807) is 11.3 Å². The number of hydrogen-bond acceptors (Lipinski definition) is 3. The molecular formula is C9H12BrNOS. The number of halogens is 1. The number of likely N-dealkylation sites (tertiary alicyclic amines) is 1. The quantitative estimate of drug-likeness (QED) is 0.882. The van der Waals surface area contributed by atoms with Crippen LogP contribution in [0.5, 0.6) is 0 Å². The van der Waals surface area contributed by atoms with Crippen LogP contribution in [-0.4, -0.2) is 29.2 Å². The minimum atomic E-state index is -0.109. The van der Waals surface area contributed by atoms with Gasteiger partial charge in [0.1, 0.15) is 0 Å². The lowest BCUT2D eigenvalue weighted by Crippen LogP contribution is -2.21. The van der Waals surface area contributed by atoms with E-state index in [2.05, 4.69) is 32.3 Å². The monoisotopic (exact) mass is 261 g/mol. The summed E-state index contributed by atoms with van der Waals surface area (Å²) in [5.74, 6) is 0. The lowest BCUT2D eigenvalue weighted by Gasteiger charge is -2.12. The van der Waals surface area contributed by atoms with Crippen LogP contribution in [-0.2, 0) is 6.54 Å². The van der Waals surface area contributed by atoms with Crippen molar-refractivity contribution in [3.63, 3.8) is 0 Å². The van der Waals surface area contributed by atoms with Gasteiger partial charge in [-0.2, -0.15) is 0 Å². The number of nitrogens with zero attached hydrogens (tertiary/aromatic N) is 1. The molecule has 2 nitrogen and oxygen atoms in total. The lowest BCUT2D eigenvalue weighted by atomic mass is 10.3. The second kappa shape index (κ2) is 4.09. The maximum absolute atomic E-state index is 9.33.